The second-order valence-corrected chi connectivity index (χ2v) is 9.59. The van der Waals surface area contributed by atoms with Crippen LogP contribution < -0.4 is 0 Å². The number of aromatic nitrogens is 2. The fourth-order valence-corrected chi connectivity index (χ4v) is 4.66. The van der Waals surface area contributed by atoms with Crippen molar-refractivity contribution in [3.8, 4) is 22.4 Å². The highest BCUT2D eigenvalue weighted by Crippen LogP contribution is 2.36. The summed E-state index contributed by atoms with van der Waals surface area (Å²) >= 11 is 0. The molecule has 0 amide bonds. The third kappa shape index (κ3) is 3.91. The Morgan fingerprint density at radius 2 is 1.33 bits per heavy atom. The predicted molar refractivity (Wildman–Crippen MR) is 141 cm³/mol. The van der Waals surface area contributed by atoms with Crippen LogP contribution in [0.2, 0.25) is 0 Å². The van der Waals surface area contributed by atoms with Crippen molar-refractivity contribution in [2.24, 2.45) is 0 Å². The van der Waals surface area contributed by atoms with E-state index < -0.39 is 0 Å². The van der Waals surface area contributed by atoms with Crippen molar-refractivity contribution >= 4 is 21.5 Å². The first-order chi connectivity index (χ1) is 15.9. The summed E-state index contributed by atoms with van der Waals surface area (Å²) in [5.41, 5.74) is 8.44. The molecule has 0 N–H and O–H groups in total. The van der Waals surface area contributed by atoms with Crippen LogP contribution in [0, 0.1) is 6.92 Å². The molecule has 0 saturated carbocycles. The van der Waals surface area contributed by atoms with Crippen molar-refractivity contribution < 1.29 is 0 Å². The summed E-state index contributed by atoms with van der Waals surface area (Å²) in [5, 5.41) is 4.93. The number of aryl methyl sites for hydroxylation is 1. The fraction of sp³-hybridized carbons (Fsp3) is 0.226. The van der Waals surface area contributed by atoms with Crippen LogP contribution in [0.1, 0.15) is 56.4 Å². The first kappa shape index (κ1) is 21.3. The first-order valence-electron chi connectivity index (χ1n) is 11.8. The van der Waals surface area contributed by atoms with Gasteiger partial charge >= 0.3 is 0 Å². The molecule has 0 atom stereocenters. The van der Waals surface area contributed by atoms with Gasteiger partial charge in [-0.05, 0) is 81.9 Å². The van der Waals surface area contributed by atoms with E-state index in [0.717, 1.165) is 11.4 Å². The lowest BCUT2D eigenvalue weighted by Crippen LogP contribution is -1.96. The molecule has 2 nitrogen and oxygen atoms in total. The van der Waals surface area contributed by atoms with Crippen LogP contribution in [0.5, 0.6) is 0 Å². The first-order valence-corrected chi connectivity index (χ1v) is 11.8. The van der Waals surface area contributed by atoms with Gasteiger partial charge in [0.15, 0.2) is 0 Å². The van der Waals surface area contributed by atoms with Gasteiger partial charge in [-0.25, -0.2) is 0 Å². The van der Waals surface area contributed by atoms with E-state index in [4.69, 9.17) is 4.98 Å². The van der Waals surface area contributed by atoms with Gasteiger partial charge in [0.25, 0.3) is 0 Å². The molecule has 0 aliphatic carbocycles. The molecule has 0 aliphatic heterocycles. The molecule has 164 valence electrons. The van der Waals surface area contributed by atoms with Crippen LogP contribution in [0.25, 0.3) is 43.9 Å². The summed E-state index contributed by atoms with van der Waals surface area (Å²) in [6, 6.07) is 24.5. The number of hydrogen-bond donors (Lipinski definition) is 0. The molecule has 0 bridgehead atoms. The van der Waals surface area contributed by atoms with Crippen LogP contribution in [0.15, 0.2) is 79.1 Å². The maximum absolute atomic E-state index is 4.85. The SMILES string of the molecule is Cc1ncccc1-c1ccc2c(ccc3c(-c4cc(C(C)C)cc(C(C)C)c4)nccc32)c1. The Kier molecular flexibility index (Phi) is 5.46. The maximum Gasteiger partial charge on any atom is 0.0780 e. The van der Waals surface area contributed by atoms with Gasteiger partial charge in [-0.1, -0.05) is 64.1 Å². The molecule has 0 spiro atoms. The standard InChI is InChI=1S/C31H30N2/c1-19(2)24-16-25(20(3)4)18-26(17-24)31-30-11-9-23-15-22(27-7-6-13-32-21(27)5)8-10-28(23)29(30)12-14-33-31/h6-20H,1-5H3. The maximum atomic E-state index is 4.85. The number of rotatable bonds is 4. The number of nitrogens with zero attached hydrogens (tertiary/aromatic N) is 2. The molecule has 5 rings (SSSR count). The summed E-state index contributed by atoms with van der Waals surface area (Å²) in [5.74, 6) is 0.959. The number of hydrogen-bond acceptors (Lipinski definition) is 2. The Balaban J connectivity index is 1.70. The van der Waals surface area contributed by atoms with E-state index in [-0.39, 0.29) is 0 Å². The van der Waals surface area contributed by atoms with Crippen LogP contribution in [-0.2, 0) is 0 Å². The zero-order valence-electron chi connectivity index (χ0n) is 20.1. The number of pyridine rings is 2. The second-order valence-electron chi connectivity index (χ2n) is 9.59. The van der Waals surface area contributed by atoms with Crippen molar-refractivity contribution in [2.75, 3.05) is 0 Å². The van der Waals surface area contributed by atoms with Crippen LogP contribution in [0.4, 0.5) is 0 Å². The smallest absolute Gasteiger partial charge is 0.0780 e. The Labute approximate surface area is 196 Å². The monoisotopic (exact) mass is 430 g/mol. The van der Waals surface area contributed by atoms with Crippen molar-refractivity contribution in [3.63, 3.8) is 0 Å². The summed E-state index contributed by atoms with van der Waals surface area (Å²) in [7, 11) is 0. The normalized spacial score (nSPS) is 11.7. The molecule has 0 fully saturated rings. The highest BCUT2D eigenvalue weighted by atomic mass is 14.7. The summed E-state index contributed by atoms with van der Waals surface area (Å²) in [6.45, 7) is 11.1. The largest absolute Gasteiger partial charge is 0.261 e. The lowest BCUT2D eigenvalue weighted by Gasteiger charge is -2.16. The van der Waals surface area contributed by atoms with E-state index in [1.807, 2.05) is 18.5 Å². The summed E-state index contributed by atoms with van der Waals surface area (Å²) in [6.07, 6.45) is 3.80. The van der Waals surface area contributed by atoms with Gasteiger partial charge in [-0.3, -0.25) is 9.97 Å². The molecular formula is C31H30N2. The molecule has 0 saturated heterocycles. The van der Waals surface area contributed by atoms with Gasteiger partial charge in [0.05, 0.1) is 5.69 Å². The molecule has 0 aliphatic rings. The van der Waals surface area contributed by atoms with Gasteiger partial charge in [0.1, 0.15) is 0 Å². The summed E-state index contributed by atoms with van der Waals surface area (Å²) < 4.78 is 0. The lowest BCUT2D eigenvalue weighted by atomic mass is 9.90. The van der Waals surface area contributed by atoms with Crippen molar-refractivity contribution in [2.45, 2.75) is 46.5 Å². The van der Waals surface area contributed by atoms with Gasteiger partial charge in [0.2, 0.25) is 0 Å². The highest BCUT2D eigenvalue weighted by Gasteiger charge is 2.13. The predicted octanol–water partition coefficient (Wildman–Crippen LogP) is 8.67. The van der Waals surface area contributed by atoms with E-state index in [9.17, 15) is 0 Å². The molecular weight excluding hydrogens is 400 g/mol. The quantitative estimate of drug-likeness (QED) is 0.267. The number of fused-ring (bicyclic) bond motifs is 3. The van der Waals surface area contributed by atoms with E-state index in [2.05, 4.69) is 100 Å². The topological polar surface area (TPSA) is 25.8 Å². The van der Waals surface area contributed by atoms with Gasteiger partial charge in [-0.15, -0.1) is 0 Å². The molecule has 0 radical (unpaired) electrons. The van der Waals surface area contributed by atoms with Gasteiger partial charge in [-0.2, -0.15) is 0 Å². The molecule has 2 aromatic heterocycles. The van der Waals surface area contributed by atoms with Crippen LogP contribution in [0.3, 0.4) is 0 Å². The Bertz CT molecular complexity index is 1450. The van der Waals surface area contributed by atoms with Gasteiger partial charge < -0.3 is 0 Å². The van der Waals surface area contributed by atoms with E-state index in [1.54, 1.807) is 0 Å². The average molecular weight is 431 g/mol. The fourth-order valence-electron chi connectivity index (χ4n) is 4.66. The van der Waals surface area contributed by atoms with E-state index >= 15 is 0 Å². The molecule has 33 heavy (non-hydrogen) atoms. The molecule has 0 unspecified atom stereocenters. The zero-order chi connectivity index (χ0) is 23.1. The van der Waals surface area contributed by atoms with Gasteiger partial charge in [0, 0.05) is 34.6 Å². The van der Waals surface area contributed by atoms with Crippen molar-refractivity contribution in [1.29, 1.82) is 0 Å². The molecule has 2 heterocycles. The minimum atomic E-state index is 0.479. The third-order valence-electron chi connectivity index (χ3n) is 6.66. The minimum absolute atomic E-state index is 0.479. The zero-order valence-corrected chi connectivity index (χ0v) is 20.1. The van der Waals surface area contributed by atoms with Crippen molar-refractivity contribution in [1.82, 2.24) is 9.97 Å². The molecule has 3 aromatic carbocycles. The lowest BCUT2D eigenvalue weighted by molar-refractivity contribution is 0.834. The van der Waals surface area contributed by atoms with Crippen molar-refractivity contribution in [3.05, 3.63) is 95.9 Å². The van der Waals surface area contributed by atoms with E-state index in [1.165, 1.54) is 49.4 Å². The molecule has 2 heteroatoms. The Morgan fingerprint density at radius 1 is 0.606 bits per heavy atom. The van der Waals surface area contributed by atoms with E-state index in [0.29, 0.717) is 11.8 Å². The van der Waals surface area contributed by atoms with Crippen LogP contribution >= 0.6 is 0 Å². The second kappa shape index (κ2) is 8.44. The number of benzene rings is 3. The highest BCUT2D eigenvalue weighted by molar-refractivity contribution is 6.12. The Morgan fingerprint density at radius 3 is 2.03 bits per heavy atom. The molecule has 5 aromatic rings. The Hall–Kier alpha value is -3.52. The summed E-state index contributed by atoms with van der Waals surface area (Å²) in [4.78, 5) is 9.31. The third-order valence-corrected chi connectivity index (χ3v) is 6.66. The van der Waals surface area contributed by atoms with Crippen LogP contribution in [-0.4, -0.2) is 9.97 Å². The average Bonchev–Trinajstić information content (AvgIpc) is 2.83. The minimum Gasteiger partial charge on any atom is -0.261 e.